The van der Waals surface area contributed by atoms with Crippen molar-refractivity contribution in [1.29, 1.82) is 0 Å². The zero-order chi connectivity index (χ0) is 13.0. The van der Waals surface area contributed by atoms with Gasteiger partial charge in [-0.05, 0) is 24.6 Å². The standard InChI is InChI=1S/C13H16N4O/c1-2-17-9-12(8-15-17)16-13(18)11-5-3-4-10(6-11)7-14/h3-6,8-9H,2,7,14H2,1H3,(H,16,18). The Bertz CT molecular complexity index is 547. The van der Waals surface area contributed by atoms with Crippen molar-refractivity contribution < 1.29 is 4.79 Å². The molecule has 0 unspecified atom stereocenters. The largest absolute Gasteiger partial charge is 0.326 e. The minimum Gasteiger partial charge on any atom is -0.326 e. The molecule has 5 heteroatoms. The number of aromatic nitrogens is 2. The Kier molecular flexibility index (Phi) is 3.74. The zero-order valence-electron chi connectivity index (χ0n) is 10.3. The van der Waals surface area contributed by atoms with Gasteiger partial charge in [0.15, 0.2) is 0 Å². The maximum absolute atomic E-state index is 12.0. The summed E-state index contributed by atoms with van der Waals surface area (Å²) in [4.78, 5) is 12.0. The van der Waals surface area contributed by atoms with Crippen LogP contribution in [0.25, 0.3) is 0 Å². The highest BCUT2D eigenvalue weighted by Gasteiger charge is 2.07. The van der Waals surface area contributed by atoms with Crippen molar-refractivity contribution in [3.05, 3.63) is 47.8 Å². The lowest BCUT2D eigenvalue weighted by molar-refractivity contribution is 0.102. The zero-order valence-corrected chi connectivity index (χ0v) is 10.3. The van der Waals surface area contributed by atoms with Crippen molar-refractivity contribution in [2.24, 2.45) is 5.73 Å². The van der Waals surface area contributed by atoms with Crippen LogP contribution in [0.1, 0.15) is 22.8 Å². The average molecular weight is 244 g/mol. The predicted octanol–water partition coefficient (Wildman–Crippen LogP) is 1.61. The second-order valence-corrected chi connectivity index (χ2v) is 3.94. The summed E-state index contributed by atoms with van der Waals surface area (Å²) in [5.74, 6) is -0.152. The minimum atomic E-state index is -0.152. The molecule has 94 valence electrons. The van der Waals surface area contributed by atoms with Crippen LogP contribution in [0.2, 0.25) is 0 Å². The Morgan fingerprint density at radius 1 is 1.50 bits per heavy atom. The topological polar surface area (TPSA) is 72.9 Å². The Labute approximate surface area is 106 Å². The number of nitrogens with two attached hydrogens (primary N) is 1. The molecule has 0 bridgehead atoms. The number of nitrogens with zero attached hydrogens (tertiary/aromatic N) is 2. The van der Waals surface area contributed by atoms with Crippen molar-refractivity contribution in [3.63, 3.8) is 0 Å². The molecule has 0 aliphatic heterocycles. The number of aryl methyl sites for hydroxylation is 1. The van der Waals surface area contributed by atoms with Crippen molar-refractivity contribution in [3.8, 4) is 0 Å². The van der Waals surface area contributed by atoms with E-state index in [9.17, 15) is 4.79 Å². The summed E-state index contributed by atoms with van der Waals surface area (Å²) in [6.07, 6.45) is 3.43. The van der Waals surface area contributed by atoms with E-state index in [2.05, 4.69) is 10.4 Å². The average Bonchev–Trinajstić information content (AvgIpc) is 2.86. The van der Waals surface area contributed by atoms with Gasteiger partial charge in [0, 0.05) is 24.8 Å². The predicted molar refractivity (Wildman–Crippen MR) is 70.2 cm³/mol. The molecule has 18 heavy (non-hydrogen) atoms. The summed E-state index contributed by atoms with van der Waals surface area (Å²) in [5, 5.41) is 6.90. The molecule has 1 aromatic heterocycles. The van der Waals surface area contributed by atoms with E-state index in [-0.39, 0.29) is 5.91 Å². The van der Waals surface area contributed by atoms with E-state index < -0.39 is 0 Å². The molecule has 0 saturated heterocycles. The van der Waals surface area contributed by atoms with E-state index in [1.54, 1.807) is 29.2 Å². The normalized spacial score (nSPS) is 10.3. The van der Waals surface area contributed by atoms with Crippen LogP contribution < -0.4 is 11.1 Å². The number of rotatable bonds is 4. The van der Waals surface area contributed by atoms with Crippen LogP contribution in [0.15, 0.2) is 36.7 Å². The minimum absolute atomic E-state index is 0.152. The molecule has 0 aliphatic rings. The summed E-state index contributed by atoms with van der Waals surface area (Å²) in [7, 11) is 0. The van der Waals surface area contributed by atoms with Crippen molar-refractivity contribution in [2.75, 3.05) is 5.32 Å². The summed E-state index contributed by atoms with van der Waals surface area (Å²) in [6, 6.07) is 7.27. The lowest BCUT2D eigenvalue weighted by atomic mass is 10.1. The van der Waals surface area contributed by atoms with Gasteiger partial charge in [-0.2, -0.15) is 5.10 Å². The first kappa shape index (κ1) is 12.3. The number of benzene rings is 1. The number of hydrogen-bond donors (Lipinski definition) is 2. The van der Waals surface area contributed by atoms with Gasteiger partial charge in [0.25, 0.3) is 5.91 Å². The lowest BCUT2D eigenvalue weighted by Gasteiger charge is -2.04. The molecule has 2 aromatic rings. The van der Waals surface area contributed by atoms with E-state index in [0.717, 1.165) is 12.1 Å². The highest BCUT2D eigenvalue weighted by molar-refractivity contribution is 6.04. The molecule has 3 N–H and O–H groups in total. The quantitative estimate of drug-likeness (QED) is 0.858. The van der Waals surface area contributed by atoms with E-state index in [1.807, 2.05) is 19.1 Å². The number of amides is 1. The summed E-state index contributed by atoms with van der Waals surface area (Å²) in [6.45, 7) is 3.19. The Hall–Kier alpha value is -2.14. The van der Waals surface area contributed by atoms with E-state index in [4.69, 9.17) is 5.73 Å². The molecule has 0 radical (unpaired) electrons. The van der Waals surface area contributed by atoms with E-state index in [1.165, 1.54) is 0 Å². The van der Waals surface area contributed by atoms with Crippen LogP contribution >= 0.6 is 0 Å². The molecule has 1 amide bonds. The van der Waals surface area contributed by atoms with Gasteiger partial charge in [0.2, 0.25) is 0 Å². The number of nitrogens with one attached hydrogen (secondary N) is 1. The fourth-order valence-electron chi connectivity index (χ4n) is 1.64. The van der Waals surface area contributed by atoms with Gasteiger partial charge < -0.3 is 11.1 Å². The SMILES string of the molecule is CCn1cc(NC(=O)c2cccc(CN)c2)cn1. The fourth-order valence-corrected chi connectivity index (χ4v) is 1.64. The highest BCUT2D eigenvalue weighted by Crippen LogP contribution is 2.10. The van der Waals surface area contributed by atoms with Crippen LogP contribution in [0, 0.1) is 0 Å². The van der Waals surface area contributed by atoms with Crippen molar-refractivity contribution >= 4 is 11.6 Å². The van der Waals surface area contributed by atoms with E-state index >= 15 is 0 Å². The van der Waals surface area contributed by atoms with Crippen LogP contribution in [-0.4, -0.2) is 15.7 Å². The molecule has 1 aromatic carbocycles. The van der Waals surface area contributed by atoms with Crippen molar-refractivity contribution in [1.82, 2.24) is 9.78 Å². The van der Waals surface area contributed by atoms with E-state index in [0.29, 0.717) is 17.8 Å². The first-order valence-corrected chi connectivity index (χ1v) is 5.85. The van der Waals surface area contributed by atoms with Gasteiger partial charge in [-0.1, -0.05) is 12.1 Å². The van der Waals surface area contributed by atoms with Gasteiger partial charge in [0.05, 0.1) is 11.9 Å². The van der Waals surface area contributed by atoms with Gasteiger partial charge in [-0.25, -0.2) is 0 Å². The van der Waals surface area contributed by atoms with Crippen LogP contribution in [-0.2, 0) is 13.1 Å². The van der Waals surface area contributed by atoms with Gasteiger partial charge in [-0.15, -0.1) is 0 Å². The second kappa shape index (κ2) is 5.46. The number of hydrogen-bond acceptors (Lipinski definition) is 3. The molecular formula is C13H16N4O. The van der Waals surface area contributed by atoms with Crippen LogP contribution in [0.3, 0.4) is 0 Å². The third kappa shape index (κ3) is 2.75. The lowest BCUT2D eigenvalue weighted by Crippen LogP contribution is -2.12. The molecule has 0 fully saturated rings. The third-order valence-corrected chi connectivity index (χ3v) is 2.64. The van der Waals surface area contributed by atoms with Gasteiger partial charge in [-0.3, -0.25) is 9.48 Å². The molecule has 1 heterocycles. The Morgan fingerprint density at radius 2 is 2.33 bits per heavy atom. The molecule has 0 aliphatic carbocycles. The highest BCUT2D eigenvalue weighted by atomic mass is 16.1. The summed E-state index contributed by atoms with van der Waals surface area (Å²) >= 11 is 0. The molecule has 0 saturated carbocycles. The maximum atomic E-state index is 12.0. The summed E-state index contributed by atoms with van der Waals surface area (Å²) in [5.41, 5.74) is 7.78. The monoisotopic (exact) mass is 244 g/mol. The smallest absolute Gasteiger partial charge is 0.255 e. The fraction of sp³-hybridized carbons (Fsp3) is 0.231. The molecule has 5 nitrogen and oxygen atoms in total. The van der Waals surface area contributed by atoms with Gasteiger partial charge >= 0.3 is 0 Å². The molecule has 2 rings (SSSR count). The Morgan fingerprint density at radius 3 is 3.00 bits per heavy atom. The number of carbonyl (C=O) groups excluding carboxylic acids is 1. The van der Waals surface area contributed by atoms with Crippen molar-refractivity contribution in [2.45, 2.75) is 20.0 Å². The Balaban J connectivity index is 2.11. The number of anilines is 1. The number of carbonyl (C=O) groups is 1. The van der Waals surface area contributed by atoms with Crippen LogP contribution in [0.5, 0.6) is 0 Å². The first-order chi connectivity index (χ1) is 8.72. The molecule has 0 atom stereocenters. The summed E-state index contributed by atoms with van der Waals surface area (Å²) < 4.78 is 1.76. The molecular weight excluding hydrogens is 228 g/mol. The van der Waals surface area contributed by atoms with Crippen LogP contribution in [0.4, 0.5) is 5.69 Å². The second-order valence-electron chi connectivity index (χ2n) is 3.94. The third-order valence-electron chi connectivity index (χ3n) is 2.64. The molecule has 0 spiro atoms. The maximum Gasteiger partial charge on any atom is 0.255 e. The first-order valence-electron chi connectivity index (χ1n) is 5.85. The van der Waals surface area contributed by atoms with Gasteiger partial charge in [0.1, 0.15) is 0 Å².